The predicted molar refractivity (Wildman–Crippen MR) is 96.3 cm³/mol. The molecule has 2 aromatic carbocycles. The number of hydrogen-bond donors (Lipinski definition) is 1. The van der Waals surface area contributed by atoms with Crippen molar-refractivity contribution < 1.29 is 14.3 Å². The molecule has 0 aliphatic carbocycles. The van der Waals surface area contributed by atoms with Gasteiger partial charge < -0.3 is 14.8 Å². The van der Waals surface area contributed by atoms with Crippen LogP contribution in [0.3, 0.4) is 0 Å². The lowest BCUT2D eigenvalue weighted by atomic mass is 10.0. The Bertz CT molecular complexity index is 713. The van der Waals surface area contributed by atoms with Crippen LogP contribution in [0, 0.1) is 0 Å². The second-order valence-corrected chi connectivity index (χ2v) is 5.89. The number of aryl methyl sites for hydroxylation is 1. The summed E-state index contributed by atoms with van der Waals surface area (Å²) in [5, 5.41) is 3.31. The minimum atomic E-state index is -0.218. The van der Waals surface area contributed by atoms with E-state index in [0.717, 1.165) is 12.0 Å². The molecule has 0 saturated carbocycles. The molecule has 1 amide bonds. The Balaban J connectivity index is 2.18. The molecule has 1 N–H and O–H groups in total. The van der Waals surface area contributed by atoms with Crippen molar-refractivity contribution in [1.82, 2.24) is 5.32 Å². The van der Waals surface area contributed by atoms with Crippen molar-refractivity contribution in [3.8, 4) is 11.5 Å². The maximum atomic E-state index is 12.5. The number of halogens is 1. The zero-order chi connectivity index (χ0) is 17.7. The molecule has 128 valence electrons. The number of methoxy groups -OCH3 is 2. The van der Waals surface area contributed by atoms with E-state index in [0.29, 0.717) is 22.1 Å². The third kappa shape index (κ3) is 4.01. The van der Waals surface area contributed by atoms with E-state index in [9.17, 15) is 4.79 Å². The van der Waals surface area contributed by atoms with Gasteiger partial charge in [-0.3, -0.25) is 4.79 Å². The van der Waals surface area contributed by atoms with Gasteiger partial charge in [-0.25, -0.2) is 0 Å². The van der Waals surface area contributed by atoms with E-state index in [1.807, 2.05) is 19.1 Å². The SMILES string of the molecule is CCc1ccc([C@@H](C)NC(=O)c2cc(Cl)c(OC)c(OC)c2)cc1. The van der Waals surface area contributed by atoms with Gasteiger partial charge in [-0.2, -0.15) is 0 Å². The third-order valence-corrected chi connectivity index (χ3v) is 4.21. The molecule has 24 heavy (non-hydrogen) atoms. The standard InChI is InChI=1S/C19H22ClNO3/c1-5-13-6-8-14(9-7-13)12(2)21-19(22)15-10-16(20)18(24-4)17(11-15)23-3/h6-12H,5H2,1-4H3,(H,21,22)/t12-/m1/s1. The summed E-state index contributed by atoms with van der Waals surface area (Å²) in [5.74, 6) is 0.624. The Hall–Kier alpha value is -2.20. The summed E-state index contributed by atoms with van der Waals surface area (Å²) >= 11 is 6.16. The first-order valence-corrected chi connectivity index (χ1v) is 8.19. The van der Waals surface area contributed by atoms with E-state index < -0.39 is 0 Å². The number of ether oxygens (including phenoxy) is 2. The van der Waals surface area contributed by atoms with Crippen LogP contribution in [0.2, 0.25) is 5.02 Å². The first-order valence-electron chi connectivity index (χ1n) is 7.81. The highest BCUT2D eigenvalue weighted by molar-refractivity contribution is 6.32. The summed E-state index contributed by atoms with van der Waals surface area (Å²) in [4.78, 5) is 12.5. The smallest absolute Gasteiger partial charge is 0.251 e. The Labute approximate surface area is 147 Å². The highest BCUT2D eigenvalue weighted by atomic mass is 35.5. The topological polar surface area (TPSA) is 47.6 Å². The van der Waals surface area contributed by atoms with Gasteiger partial charge >= 0.3 is 0 Å². The number of carbonyl (C=O) groups is 1. The van der Waals surface area contributed by atoms with E-state index >= 15 is 0 Å². The van der Waals surface area contributed by atoms with Crippen molar-refractivity contribution in [2.24, 2.45) is 0 Å². The first-order chi connectivity index (χ1) is 11.5. The van der Waals surface area contributed by atoms with E-state index in [-0.39, 0.29) is 11.9 Å². The summed E-state index contributed by atoms with van der Waals surface area (Å²) in [7, 11) is 3.01. The van der Waals surface area contributed by atoms with Gasteiger partial charge in [0.05, 0.1) is 25.3 Å². The average Bonchev–Trinajstić information content (AvgIpc) is 2.60. The lowest BCUT2D eigenvalue weighted by molar-refractivity contribution is 0.0939. The van der Waals surface area contributed by atoms with Crippen molar-refractivity contribution in [2.45, 2.75) is 26.3 Å². The number of carbonyl (C=O) groups excluding carboxylic acids is 1. The molecule has 0 aliphatic rings. The maximum absolute atomic E-state index is 12.5. The molecule has 0 unspecified atom stereocenters. The van der Waals surface area contributed by atoms with E-state index in [1.165, 1.54) is 19.8 Å². The molecule has 1 atom stereocenters. The van der Waals surface area contributed by atoms with Gasteiger partial charge in [0, 0.05) is 5.56 Å². The second-order valence-electron chi connectivity index (χ2n) is 5.48. The van der Waals surface area contributed by atoms with Crippen LogP contribution in [-0.4, -0.2) is 20.1 Å². The van der Waals surface area contributed by atoms with Crippen molar-refractivity contribution in [3.63, 3.8) is 0 Å². The fourth-order valence-electron chi connectivity index (χ4n) is 2.45. The lowest BCUT2D eigenvalue weighted by Crippen LogP contribution is -2.26. The molecular weight excluding hydrogens is 326 g/mol. The molecule has 0 aliphatic heterocycles. The molecule has 0 radical (unpaired) electrons. The van der Waals surface area contributed by atoms with Gasteiger partial charge in [0.2, 0.25) is 0 Å². The summed E-state index contributed by atoms with van der Waals surface area (Å²) in [5.41, 5.74) is 2.74. The van der Waals surface area contributed by atoms with Crippen LogP contribution in [0.4, 0.5) is 0 Å². The Kier molecular flexibility index (Phi) is 6.10. The van der Waals surface area contributed by atoms with Crippen LogP contribution in [0.25, 0.3) is 0 Å². The molecule has 0 saturated heterocycles. The second kappa shape index (κ2) is 8.06. The number of nitrogens with one attached hydrogen (secondary N) is 1. The quantitative estimate of drug-likeness (QED) is 0.841. The molecular formula is C19H22ClNO3. The molecule has 0 fully saturated rings. The number of benzene rings is 2. The van der Waals surface area contributed by atoms with Crippen molar-refractivity contribution in [2.75, 3.05) is 14.2 Å². The van der Waals surface area contributed by atoms with Gasteiger partial charge in [-0.05, 0) is 36.6 Å². The minimum absolute atomic E-state index is 0.115. The summed E-state index contributed by atoms with van der Waals surface area (Å²) in [6, 6.07) is 11.3. The Morgan fingerprint density at radius 3 is 2.38 bits per heavy atom. The Morgan fingerprint density at radius 1 is 1.17 bits per heavy atom. The number of rotatable bonds is 6. The zero-order valence-electron chi connectivity index (χ0n) is 14.4. The normalized spacial score (nSPS) is 11.7. The van der Waals surface area contributed by atoms with Crippen LogP contribution >= 0.6 is 11.6 Å². The van der Waals surface area contributed by atoms with E-state index in [2.05, 4.69) is 24.4 Å². The van der Waals surface area contributed by atoms with Gasteiger partial charge in [0.15, 0.2) is 11.5 Å². The van der Waals surface area contributed by atoms with Crippen molar-refractivity contribution >= 4 is 17.5 Å². The van der Waals surface area contributed by atoms with Crippen LogP contribution < -0.4 is 14.8 Å². The third-order valence-electron chi connectivity index (χ3n) is 3.93. The van der Waals surface area contributed by atoms with E-state index in [1.54, 1.807) is 12.1 Å². The van der Waals surface area contributed by atoms with Crippen molar-refractivity contribution in [3.05, 3.63) is 58.1 Å². The lowest BCUT2D eigenvalue weighted by Gasteiger charge is -2.16. The molecule has 0 heterocycles. The summed E-state index contributed by atoms with van der Waals surface area (Å²) in [6.07, 6.45) is 0.991. The van der Waals surface area contributed by atoms with Crippen LogP contribution in [0.5, 0.6) is 11.5 Å². The van der Waals surface area contributed by atoms with Crippen LogP contribution in [0.15, 0.2) is 36.4 Å². The fourth-order valence-corrected chi connectivity index (χ4v) is 2.74. The molecule has 0 spiro atoms. The predicted octanol–water partition coefficient (Wildman–Crippen LogP) is 4.41. The van der Waals surface area contributed by atoms with Gasteiger partial charge in [-0.1, -0.05) is 42.8 Å². The number of hydrogen-bond acceptors (Lipinski definition) is 3. The molecule has 5 heteroatoms. The van der Waals surface area contributed by atoms with Crippen molar-refractivity contribution in [1.29, 1.82) is 0 Å². The van der Waals surface area contributed by atoms with E-state index in [4.69, 9.17) is 21.1 Å². The molecule has 2 rings (SSSR count). The monoisotopic (exact) mass is 347 g/mol. The largest absolute Gasteiger partial charge is 0.493 e. The van der Waals surface area contributed by atoms with Gasteiger partial charge in [0.25, 0.3) is 5.91 Å². The van der Waals surface area contributed by atoms with Crippen LogP contribution in [0.1, 0.15) is 41.4 Å². The zero-order valence-corrected chi connectivity index (χ0v) is 15.1. The van der Waals surface area contributed by atoms with Gasteiger partial charge in [0.1, 0.15) is 0 Å². The molecule has 0 bridgehead atoms. The first kappa shape index (κ1) is 18.1. The average molecular weight is 348 g/mol. The fraction of sp³-hybridized carbons (Fsp3) is 0.316. The molecule has 4 nitrogen and oxygen atoms in total. The van der Waals surface area contributed by atoms with Crippen LogP contribution in [-0.2, 0) is 6.42 Å². The molecule has 0 aromatic heterocycles. The molecule has 2 aromatic rings. The highest BCUT2D eigenvalue weighted by Gasteiger charge is 2.17. The van der Waals surface area contributed by atoms with Gasteiger partial charge in [-0.15, -0.1) is 0 Å². The Morgan fingerprint density at radius 2 is 1.83 bits per heavy atom. The minimum Gasteiger partial charge on any atom is -0.493 e. The summed E-state index contributed by atoms with van der Waals surface area (Å²) in [6.45, 7) is 4.06. The maximum Gasteiger partial charge on any atom is 0.251 e. The summed E-state index contributed by atoms with van der Waals surface area (Å²) < 4.78 is 10.4. The highest BCUT2D eigenvalue weighted by Crippen LogP contribution is 2.36. The number of amides is 1.